The van der Waals surface area contributed by atoms with Crippen molar-refractivity contribution in [1.29, 1.82) is 0 Å². The molecule has 0 saturated carbocycles. The van der Waals surface area contributed by atoms with Crippen molar-refractivity contribution in [2.45, 2.75) is 32.7 Å². The first-order chi connectivity index (χ1) is 10.1. The number of hydrogen-bond acceptors (Lipinski definition) is 2. The minimum atomic E-state index is -0.169. The fourth-order valence-corrected chi connectivity index (χ4v) is 2.38. The molecule has 0 spiro atoms. The summed E-state index contributed by atoms with van der Waals surface area (Å²) in [7, 11) is 0. The van der Waals surface area contributed by atoms with Gasteiger partial charge in [-0.05, 0) is 61.2 Å². The van der Waals surface area contributed by atoms with Crippen molar-refractivity contribution < 1.29 is 9.50 Å². The van der Waals surface area contributed by atoms with Gasteiger partial charge in [0.05, 0.1) is 0 Å². The zero-order valence-electron chi connectivity index (χ0n) is 12.6. The molecule has 0 fully saturated rings. The largest absolute Gasteiger partial charge is 0.508 e. The molecule has 0 bridgehead atoms. The van der Waals surface area contributed by atoms with E-state index >= 15 is 0 Å². The van der Waals surface area contributed by atoms with Crippen LogP contribution in [0, 0.1) is 12.7 Å². The van der Waals surface area contributed by atoms with Crippen LogP contribution < -0.4 is 5.32 Å². The third kappa shape index (κ3) is 4.30. The van der Waals surface area contributed by atoms with E-state index in [4.69, 9.17) is 0 Å². The molecule has 0 aliphatic carbocycles. The van der Waals surface area contributed by atoms with E-state index in [1.165, 1.54) is 6.07 Å². The van der Waals surface area contributed by atoms with Crippen LogP contribution in [0.2, 0.25) is 0 Å². The van der Waals surface area contributed by atoms with Crippen LogP contribution >= 0.6 is 0 Å². The summed E-state index contributed by atoms with van der Waals surface area (Å²) in [5.41, 5.74) is 2.90. The van der Waals surface area contributed by atoms with Crippen LogP contribution in [0.3, 0.4) is 0 Å². The van der Waals surface area contributed by atoms with Gasteiger partial charge in [-0.3, -0.25) is 0 Å². The average Bonchev–Trinajstić information content (AvgIpc) is 2.48. The lowest BCUT2D eigenvalue weighted by Crippen LogP contribution is -2.24. The first-order valence-corrected chi connectivity index (χ1v) is 7.37. The van der Waals surface area contributed by atoms with Crippen LogP contribution in [0.25, 0.3) is 0 Å². The summed E-state index contributed by atoms with van der Waals surface area (Å²) in [5, 5.41) is 12.9. The number of phenolic OH excluding ortho intramolecular Hbond substituents is 1. The van der Waals surface area contributed by atoms with Crippen molar-refractivity contribution in [2.24, 2.45) is 0 Å². The number of benzene rings is 2. The molecule has 0 heterocycles. The first-order valence-electron chi connectivity index (χ1n) is 7.37. The van der Waals surface area contributed by atoms with Crippen molar-refractivity contribution in [3.63, 3.8) is 0 Å². The Morgan fingerprint density at radius 1 is 1.14 bits per heavy atom. The number of nitrogens with one attached hydrogen (secondary N) is 1. The van der Waals surface area contributed by atoms with E-state index in [-0.39, 0.29) is 17.6 Å². The summed E-state index contributed by atoms with van der Waals surface area (Å²) in [4.78, 5) is 0. The van der Waals surface area contributed by atoms with Crippen LogP contribution in [0.15, 0.2) is 42.5 Å². The topological polar surface area (TPSA) is 32.3 Å². The second-order valence-electron chi connectivity index (χ2n) is 5.39. The van der Waals surface area contributed by atoms with Crippen molar-refractivity contribution in [1.82, 2.24) is 5.32 Å². The SMILES string of the molecule is CCCNC(Cc1ccc(O)cc1)c1ccc(F)c(C)c1. The number of halogens is 1. The Balaban J connectivity index is 2.20. The fourth-order valence-electron chi connectivity index (χ4n) is 2.38. The minimum Gasteiger partial charge on any atom is -0.508 e. The lowest BCUT2D eigenvalue weighted by molar-refractivity contribution is 0.474. The van der Waals surface area contributed by atoms with E-state index in [2.05, 4.69) is 12.2 Å². The van der Waals surface area contributed by atoms with Crippen LogP contribution in [0.1, 0.15) is 36.1 Å². The van der Waals surface area contributed by atoms with Crippen molar-refractivity contribution in [2.75, 3.05) is 6.54 Å². The highest BCUT2D eigenvalue weighted by molar-refractivity contribution is 5.30. The fraction of sp³-hybridized carbons (Fsp3) is 0.333. The minimum absolute atomic E-state index is 0.147. The van der Waals surface area contributed by atoms with Gasteiger partial charge in [-0.15, -0.1) is 0 Å². The Bertz CT molecular complexity index is 580. The lowest BCUT2D eigenvalue weighted by atomic mass is 9.97. The van der Waals surface area contributed by atoms with Gasteiger partial charge in [-0.2, -0.15) is 0 Å². The monoisotopic (exact) mass is 287 g/mol. The summed E-state index contributed by atoms with van der Waals surface area (Å²) in [6.45, 7) is 4.83. The van der Waals surface area contributed by atoms with Gasteiger partial charge in [0, 0.05) is 6.04 Å². The van der Waals surface area contributed by atoms with Gasteiger partial charge in [0.15, 0.2) is 0 Å². The molecular formula is C18H22FNO. The molecule has 0 saturated heterocycles. The maximum atomic E-state index is 13.4. The molecule has 1 atom stereocenters. The molecular weight excluding hydrogens is 265 g/mol. The summed E-state index contributed by atoms with van der Waals surface area (Å²) < 4.78 is 13.4. The van der Waals surface area contributed by atoms with Crippen molar-refractivity contribution in [3.8, 4) is 5.75 Å². The number of aromatic hydroxyl groups is 1. The summed E-state index contributed by atoms with van der Waals surface area (Å²) in [6.07, 6.45) is 1.86. The van der Waals surface area contributed by atoms with E-state index < -0.39 is 0 Å². The Morgan fingerprint density at radius 2 is 1.86 bits per heavy atom. The molecule has 0 aliphatic rings. The molecule has 0 aliphatic heterocycles. The van der Waals surface area contributed by atoms with Crippen molar-refractivity contribution >= 4 is 0 Å². The van der Waals surface area contributed by atoms with Crippen LogP contribution in [-0.2, 0) is 6.42 Å². The normalized spacial score (nSPS) is 12.3. The highest BCUT2D eigenvalue weighted by Gasteiger charge is 2.13. The standard InChI is InChI=1S/C18H22FNO/c1-3-10-20-18(12-14-4-7-16(21)8-5-14)15-6-9-17(19)13(2)11-15/h4-9,11,18,20-21H,3,10,12H2,1-2H3. The van der Waals surface area contributed by atoms with Gasteiger partial charge < -0.3 is 10.4 Å². The number of rotatable bonds is 6. The third-order valence-electron chi connectivity index (χ3n) is 3.60. The molecule has 2 rings (SSSR count). The third-order valence-corrected chi connectivity index (χ3v) is 3.60. The molecule has 2 aromatic rings. The second-order valence-corrected chi connectivity index (χ2v) is 5.39. The van der Waals surface area contributed by atoms with Crippen LogP contribution in [-0.4, -0.2) is 11.7 Å². The van der Waals surface area contributed by atoms with Crippen LogP contribution in [0.4, 0.5) is 4.39 Å². The predicted molar refractivity (Wildman–Crippen MR) is 84.0 cm³/mol. The molecule has 0 radical (unpaired) electrons. The highest BCUT2D eigenvalue weighted by Crippen LogP contribution is 2.22. The van der Waals surface area contributed by atoms with Gasteiger partial charge in [0.1, 0.15) is 11.6 Å². The number of phenols is 1. The molecule has 2 nitrogen and oxygen atoms in total. The zero-order valence-corrected chi connectivity index (χ0v) is 12.6. The van der Waals surface area contributed by atoms with E-state index in [1.54, 1.807) is 19.1 Å². The van der Waals surface area contributed by atoms with Crippen molar-refractivity contribution in [3.05, 3.63) is 65.0 Å². The number of aryl methyl sites for hydroxylation is 1. The molecule has 0 aromatic heterocycles. The molecule has 1 unspecified atom stereocenters. The summed E-state index contributed by atoms with van der Waals surface area (Å²) in [6, 6.07) is 12.7. The lowest BCUT2D eigenvalue weighted by Gasteiger charge is -2.20. The molecule has 112 valence electrons. The van der Waals surface area contributed by atoms with E-state index in [1.807, 2.05) is 24.3 Å². The van der Waals surface area contributed by atoms with Gasteiger partial charge >= 0.3 is 0 Å². The average molecular weight is 287 g/mol. The Hall–Kier alpha value is -1.87. The summed E-state index contributed by atoms with van der Waals surface area (Å²) in [5.74, 6) is 0.104. The Kier molecular flexibility index (Phi) is 5.34. The smallest absolute Gasteiger partial charge is 0.126 e. The van der Waals surface area contributed by atoms with E-state index in [0.717, 1.165) is 30.5 Å². The maximum Gasteiger partial charge on any atom is 0.126 e. The second kappa shape index (κ2) is 7.23. The van der Waals surface area contributed by atoms with Gasteiger partial charge in [0.25, 0.3) is 0 Å². The Labute approximate surface area is 125 Å². The number of hydrogen-bond donors (Lipinski definition) is 2. The van der Waals surface area contributed by atoms with E-state index in [9.17, 15) is 9.50 Å². The molecule has 2 N–H and O–H groups in total. The molecule has 0 amide bonds. The van der Waals surface area contributed by atoms with E-state index in [0.29, 0.717) is 5.56 Å². The maximum absolute atomic E-state index is 13.4. The summed E-state index contributed by atoms with van der Waals surface area (Å²) >= 11 is 0. The molecule has 2 aromatic carbocycles. The van der Waals surface area contributed by atoms with Crippen LogP contribution in [0.5, 0.6) is 5.75 Å². The Morgan fingerprint density at radius 3 is 2.48 bits per heavy atom. The van der Waals surface area contributed by atoms with Gasteiger partial charge in [-0.1, -0.05) is 31.2 Å². The first kappa shape index (κ1) is 15.5. The van der Waals surface area contributed by atoms with Gasteiger partial charge in [-0.25, -0.2) is 4.39 Å². The predicted octanol–water partition coefficient (Wildman–Crippen LogP) is 4.12. The highest BCUT2D eigenvalue weighted by atomic mass is 19.1. The molecule has 3 heteroatoms. The zero-order chi connectivity index (χ0) is 15.2. The quantitative estimate of drug-likeness (QED) is 0.837. The molecule has 21 heavy (non-hydrogen) atoms. The van der Waals surface area contributed by atoms with Gasteiger partial charge in [0.2, 0.25) is 0 Å².